The van der Waals surface area contributed by atoms with Gasteiger partial charge in [0.2, 0.25) is 0 Å². The normalized spacial score (nSPS) is 10.7. The summed E-state index contributed by atoms with van der Waals surface area (Å²) in [5.74, 6) is -1.35. The number of halogens is 3. The van der Waals surface area contributed by atoms with Crippen molar-refractivity contribution in [2.24, 2.45) is 5.10 Å². The largest absolute Gasteiger partial charge is 0.422 e. The molecule has 0 fully saturated rings. The van der Waals surface area contributed by atoms with E-state index in [0.29, 0.717) is 16.1 Å². The van der Waals surface area contributed by atoms with Crippen LogP contribution in [0.25, 0.3) is 0 Å². The first-order valence-electron chi connectivity index (χ1n) is 11.1. The number of esters is 1. The van der Waals surface area contributed by atoms with Gasteiger partial charge >= 0.3 is 5.97 Å². The third-order valence-electron chi connectivity index (χ3n) is 5.15. The lowest BCUT2D eigenvalue weighted by molar-refractivity contribution is 0.0733. The zero-order valence-electron chi connectivity index (χ0n) is 19.5. The molecule has 0 aliphatic heterocycles. The molecule has 0 aliphatic rings. The quantitative estimate of drug-likeness (QED) is 0.102. The minimum absolute atomic E-state index is 0.174. The first kappa shape index (κ1) is 27.1. The van der Waals surface area contributed by atoms with E-state index < -0.39 is 17.8 Å². The number of anilines is 1. The number of benzene rings is 4. The molecule has 2 amide bonds. The average molecular weight is 611 g/mol. The van der Waals surface area contributed by atoms with Crippen molar-refractivity contribution in [1.29, 1.82) is 0 Å². The van der Waals surface area contributed by atoms with Crippen LogP contribution in [0.5, 0.6) is 5.75 Å². The summed E-state index contributed by atoms with van der Waals surface area (Å²) in [6.45, 7) is 0. The molecule has 0 bridgehead atoms. The van der Waals surface area contributed by atoms with Gasteiger partial charge in [-0.05, 0) is 60.7 Å². The lowest BCUT2D eigenvalue weighted by Crippen LogP contribution is -2.21. The van der Waals surface area contributed by atoms with Crippen LogP contribution in [0.3, 0.4) is 0 Å². The van der Waals surface area contributed by atoms with Crippen LogP contribution in [0, 0.1) is 0 Å². The summed E-state index contributed by atoms with van der Waals surface area (Å²) in [6, 6.07) is 24.5. The number of hydrogen-bond donors (Lipinski definition) is 2. The van der Waals surface area contributed by atoms with E-state index in [9.17, 15) is 14.4 Å². The molecule has 2 N–H and O–H groups in total. The minimum atomic E-state index is -0.572. The SMILES string of the molecule is O=C(Oc1ccc(Br)cc1/C=N\NC(=O)c1ccccc1NC(=O)c1ccc(Cl)cc1Cl)c1ccccc1. The van der Waals surface area contributed by atoms with Crippen molar-refractivity contribution in [2.45, 2.75) is 0 Å². The molecule has 4 aromatic rings. The van der Waals surface area contributed by atoms with Crippen molar-refractivity contribution < 1.29 is 19.1 Å². The van der Waals surface area contributed by atoms with E-state index in [1.807, 2.05) is 0 Å². The van der Waals surface area contributed by atoms with E-state index >= 15 is 0 Å². The van der Waals surface area contributed by atoms with E-state index in [1.165, 1.54) is 24.4 Å². The van der Waals surface area contributed by atoms with Crippen molar-refractivity contribution in [3.05, 3.63) is 128 Å². The lowest BCUT2D eigenvalue weighted by Gasteiger charge is -2.11. The Morgan fingerprint density at radius 1 is 0.816 bits per heavy atom. The van der Waals surface area contributed by atoms with Gasteiger partial charge in [-0.15, -0.1) is 0 Å². The molecule has 7 nitrogen and oxygen atoms in total. The molecule has 0 radical (unpaired) electrons. The minimum Gasteiger partial charge on any atom is -0.422 e. The first-order valence-corrected chi connectivity index (χ1v) is 12.6. The van der Waals surface area contributed by atoms with Crippen molar-refractivity contribution in [1.82, 2.24) is 5.43 Å². The van der Waals surface area contributed by atoms with E-state index in [4.69, 9.17) is 27.9 Å². The number of carbonyl (C=O) groups excluding carboxylic acids is 3. The average Bonchev–Trinajstić information content (AvgIpc) is 2.90. The maximum atomic E-state index is 12.9. The summed E-state index contributed by atoms with van der Waals surface area (Å²) >= 11 is 15.4. The van der Waals surface area contributed by atoms with Crippen LogP contribution in [0.1, 0.15) is 36.6 Å². The van der Waals surface area contributed by atoms with Crippen molar-refractivity contribution in [3.8, 4) is 5.75 Å². The fourth-order valence-corrected chi connectivity index (χ4v) is 4.19. The fraction of sp³-hybridized carbons (Fsp3) is 0. The van der Waals surface area contributed by atoms with Crippen molar-refractivity contribution >= 4 is 68.8 Å². The Kier molecular flexibility index (Phi) is 8.91. The number of carbonyl (C=O) groups is 3. The van der Waals surface area contributed by atoms with Gasteiger partial charge in [0.25, 0.3) is 11.8 Å². The Balaban J connectivity index is 1.48. The summed E-state index contributed by atoms with van der Waals surface area (Å²) in [6.07, 6.45) is 1.35. The summed E-state index contributed by atoms with van der Waals surface area (Å²) in [5.41, 5.74) is 3.91. The summed E-state index contributed by atoms with van der Waals surface area (Å²) in [7, 11) is 0. The number of nitrogens with one attached hydrogen (secondary N) is 2. The Bertz CT molecular complexity index is 1540. The van der Waals surface area contributed by atoms with E-state index in [2.05, 4.69) is 31.8 Å². The Morgan fingerprint density at radius 3 is 2.32 bits per heavy atom. The van der Waals surface area contributed by atoms with Crippen LogP contribution < -0.4 is 15.5 Å². The molecule has 0 aromatic heterocycles. The van der Waals surface area contributed by atoms with Gasteiger partial charge in [-0.1, -0.05) is 69.5 Å². The monoisotopic (exact) mass is 609 g/mol. The zero-order chi connectivity index (χ0) is 27.1. The van der Waals surface area contributed by atoms with Crippen LogP contribution in [0.2, 0.25) is 10.0 Å². The molecular weight excluding hydrogens is 593 g/mol. The summed E-state index contributed by atoms with van der Waals surface area (Å²) < 4.78 is 6.24. The van der Waals surface area contributed by atoms with Crippen molar-refractivity contribution in [3.63, 3.8) is 0 Å². The lowest BCUT2D eigenvalue weighted by atomic mass is 10.1. The second-order valence-corrected chi connectivity index (χ2v) is 9.52. The fourth-order valence-electron chi connectivity index (χ4n) is 3.32. The molecule has 0 unspecified atom stereocenters. The molecule has 10 heteroatoms. The van der Waals surface area contributed by atoms with Gasteiger partial charge in [-0.3, -0.25) is 9.59 Å². The molecule has 38 heavy (non-hydrogen) atoms. The van der Waals surface area contributed by atoms with E-state index in [-0.39, 0.29) is 27.6 Å². The number of nitrogens with zero attached hydrogens (tertiary/aromatic N) is 1. The molecule has 0 aliphatic carbocycles. The van der Waals surface area contributed by atoms with E-state index in [0.717, 1.165) is 4.47 Å². The van der Waals surface area contributed by atoms with Crippen LogP contribution in [-0.2, 0) is 0 Å². The molecule has 4 aromatic carbocycles. The first-order chi connectivity index (χ1) is 18.3. The van der Waals surface area contributed by atoms with Gasteiger partial charge in [0.1, 0.15) is 5.75 Å². The van der Waals surface area contributed by atoms with Gasteiger partial charge in [-0.2, -0.15) is 5.10 Å². The molecular formula is C28H18BrCl2N3O4. The van der Waals surface area contributed by atoms with Crippen LogP contribution in [0.15, 0.2) is 101 Å². The molecule has 0 heterocycles. The Labute approximate surface area is 236 Å². The van der Waals surface area contributed by atoms with Crippen LogP contribution >= 0.6 is 39.1 Å². The van der Waals surface area contributed by atoms with Gasteiger partial charge in [0.05, 0.1) is 33.6 Å². The molecule has 4 rings (SSSR count). The Hall–Kier alpha value is -3.98. The highest BCUT2D eigenvalue weighted by atomic mass is 79.9. The van der Waals surface area contributed by atoms with Gasteiger partial charge in [0.15, 0.2) is 0 Å². The number of amides is 2. The highest BCUT2D eigenvalue weighted by Gasteiger charge is 2.16. The number of ether oxygens (including phenoxy) is 1. The third kappa shape index (κ3) is 6.86. The third-order valence-corrected chi connectivity index (χ3v) is 6.19. The van der Waals surface area contributed by atoms with Gasteiger partial charge in [-0.25, -0.2) is 10.2 Å². The predicted octanol–water partition coefficient (Wildman–Crippen LogP) is 6.99. The standard InChI is InChI=1S/C28H18BrCl2N3O4/c29-19-10-13-25(38-28(37)17-6-2-1-3-7-17)18(14-19)16-32-34-27(36)22-8-4-5-9-24(22)33-26(35)21-12-11-20(30)15-23(21)31/h1-16H,(H,33,35)(H,34,36)/b32-16-. The second-order valence-electron chi connectivity index (χ2n) is 7.76. The highest BCUT2D eigenvalue weighted by molar-refractivity contribution is 9.10. The van der Waals surface area contributed by atoms with Crippen molar-refractivity contribution in [2.75, 3.05) is 5.32 Å². The maximum Gasteiger partial charge on any atom is 0.343 e. The van der Waals surface area contributed by atoms with Crippen LogP contribution in [-0.4, -0.2) is 24.0 Å². The summed E-state index contributed by atoms with van der Waals surface area (Å²) in [5, 5.41) is 7.28. The molecule has 190 valence electrons. The number of hydrogen-bond acceptors (Lipinski definition) is 5. The maximum absolute atomic E-state index is 12.9. The second kappa shape index (κ2) is 12.5. The molecule has 0 saturated carbocycles. The smallest absolute Gasteiger partial charge is 0.343 e. The molecule has 0 atom stereocenters. The summed E-state index contributed by atoms with van der Waals surface area (Å²) in [4.78, 5) is 38.1. The van der Waals surface area contributed by atoms with Crippen LogP contribution in [0.4, 0.5) is 5.69 Å². The molecule has 0 saturated heterocycles. The van der Waals surface area contributed by atoms with E-state index in [1.54, 1.807) is 72.8 Å². The zero-order valence-corrected chi connectivity index (χ0v) is 22.5. The topological polar surface area (TPSA) is 96.9 Å². The van der Waals surface area contributed by atoms with Gasteiger partial charge < -0.3 is 10.1 Å². The van der Waals surface area contributed by atoms with Gasteiger partial charge in [0, 0.05) is 15.1 Å². The molecule has 0 spiro atoms. The number of rotatable bonds is 7. The number of hydrazone groups is 1. The highest BCUT2D eigenvalue weighted by Crippen LogP contribution is 2.24. The predicted molar refractivity (Wildman–Crippen MR) is 151 cm³/mol. The Morgan fingerprint density at radius 2 is 1.55 bits per heavy atom. The number of para-hydroxylation sites is 1.